The van der Waals surface area contributed by atoms with Crippen LogP contribution in [0.25, 0.3) is 0 Å². The molecule has 0 radical (unpaired) electrons. The van der Waals surface area contributed by atoms with Gasteiger partial charge in [0.2, 0.25) is 0 Å². The molecule has 72 valence electrons. The molecule has 0 aromatic heterocycles. The summed E-state index contributed by atoms with van der Waals surface area (Å²) in [5.74, 6) is -0.00736. The fourth-order valence-electron chi connectivity index (χ4n) is 1.62. The van der Waals surface area contributed by atoms with Crippen LogP contribution in [0.4, 0.5) is 0 Å². The van der Waals surface area contributed by atoms with Crippen LogP contribution in [0.15, 0.2) is 42.5 Å². The summed E-state index contributed by atoms with van der Waals surface area (Å²) >= 11 is 0. The molecule has 1 aromatic carbocycles. The average Bonchev–Trinajstić information content (AvgIpc) is 2.23. The van der Waals surface area contributed by atoms with Gasteiger partial charge in [0.25, 0.3) is 0 Å². The number of cyclic esters (lactones) is 1. The number of benzene rings is 1. The maximum Gasteiger partial charge on any atom is 0.331 e. The second-order valence-electron chi connectivity index (χ2n) is 3.49. The summed E-state index contributed by atoms with van der Waals surface area (Å²) in [5, 5.41) is 0. The van der Waals surface area contributed by atoms with E-state index in [1.54, 1.807) is 0 Å². The Morgan fingerprint density at radius 3 is 2.64 bits per heavy atom. The predicted molar refractivity (Wildman–Crippen MR) is 53.6 cm³/mol. The largest absolute Gasteiger partial charge is 0.454 e. The van der Waals surface area contributed by atoms with Crippen molar-refractivity contribution >= 4 is 5.97 Å². The van der Waals surface area contributed by atoms with Crippen LogP contribution in [0.5, 0.6) is 0 Å². The maximum atomic E-state index is 11.1. The van der Waals surface area contributed by atoms with Crippen molar-refractivity contribution in [2.75, 3.05) is 0 Å². The van der Waals surface area contributed by atoms with Gasteiger partial charge in [-0.3, -0.25) is 0 Å². The highest BCUT2D eigenvalue weighted by Crippen LogP contribution is 2.29. The topological polar surface area (TPSA) is 26.3 Å². The van der Waals surface area contributed by atoms with Crippen molar-refractivity contribution in [1.29, 1.82) is 0 Å². The number of rotatable bonds is 1. The highest BCUT2D eigenvalue weighted by atomic mass is 16.5. The second-order valence-corrected chi connectivity index (χ2v) is 3.49. The molecule has 0 amide bonds. The molecule has 1 aliphatic heterocycles. The van der Waals surface area contributed by atoms with Crippen molar-refractivity contribution in [2.45, 2.75) is 13.0 Å². The SMILES string of the molecule is C[C@H]1C=CC(=O)O[C@H]1c1ccccc1. The molecule has 2 nitrogen and oxygen atoms in total. The van der Waals surface area contributed by atoms with Gasteiger partial charge in [0.15, 0.2) is 0 Å². The van der Waals surface area contributed by atoms with Gasteiger partial charge in [0, 0.05) is 12.0 Å². The number of hydrogen-bond acceptors (Lipinski definition) is 2. The van der Waals surface area contributed by atoms with Crippen LogP contribution in [0.3, 0.4) is 0 Å². The zero-order chi connectivity index (χ0) is 9.97. The fourth-order valence-corrected chi connectivity index (χ4v) is 1.62. The van der Waals surface area contributed by atoms with Crippen LogP contribution in [-0.4, -0.2) is 5.97 Å². The molecule has 0 saturated carbocycles. The van der Waals surface area contributed by atoms with Crippen LogP contribution in [0, 0.1) is 5.92 Å². The quantitative estimate of drug-likeness (QED) is 0.633. The molecule has 0 N–H and O–H groups in total. The Morgan fingerprint density at radius 2 is 1.93 bits per heavy atom. The lowest BCUT2D eigenvalue weighted by Crippen LogP contribution is -2.19. The van der Waals surface area contributed by atoms with Crippen LogP contribution in [0.2, 0.25) is 0 Å². The van der Waals surface area contributed by atoms with Crippen LogP contribution in [-0.2, 0) is 9.53 Å². The van der Waals surface area contributed by atoms with Crippen molar-refractivity contribution in [3.8, 4) is 0 Å². The lowest BCUT2D eigenvalue weighted by Gasteiger charge is -2.24. The van der Waals surface area contributed by atoms with Crippen LogP contribution >= 0.6 is 0 Å². The summed E-state index contributed by atoms with van der Waals surface area (Å²) < 4.78 is 5.26. The number of ether oxygens (including phenoxy) is 1. The fraction of sp³-hybridized carbons (Fsp3) is 0.250. The number of carbonyl (C=O) groups excluding carboxylic acids is 1. The number of carbonyl (C=O) groups is 1. The van der Waals surface area contributed by atoms with E-state index in [4.69, 9.17) is 4.74 Å². The minimum Gasteiger partial charge on any atom is -0.454 e. The lowest BCUT2D eigenvalue weighted by atomic mass is 9.95. The van der Waals surface area contributed by atoms with Crippen molar-refractivity contribution in [3.05, 3.63) is 48.0 Å². The van der Waals surface area contributed by atoms with Gasteiger partial charge in [-0.15, -0.1) is 0 Å². The van der Waals surface area contributed by atoms with E-state index in [0.717, 1.165) is 5.56 Å². The summed E-state index contributed by atoms with van der Waals surface area (Å²) in [6, 6.07) is 9.82. The zero-order valence-electron chi connectivity index (χ0n) is 8.01. The minimum atomic E-state index is -0.253. The minimum absolute atomic E-state index is 0.131. The van der Waals surface area contributed by atoms with Crippen molar-refractivity contribution in [2.24, 2.45) is 5.92 Å². The molecule has 0 bridgehead atoms. The van der Waals surface area contributed by atoms with E-state index in [2.05, 4.69) is 0 Å². The highest BCUT2D eigenvalue weighted by molar-refractivity contribution is 5.83. The smallest absolute Gasteiger partial charge is 0.331 e. The standard InChI is InChI=1S/C12H12O2/c1-9-7-8-11(13)14-12(9)10-5-3-2-4-6-10/h2-9,12H,1H3/t9-,12+/m0/s1. The predicted octanol–water partition coefficient (Wildman–Crippen LogP) is 2.48. The first-order chi connectivity index (χ1) is 6.77. The normalized spacial score (nSPS) is 25.9. The number of esters is 1. The molecular formula is C12H12O2. The highest BCUT2D eigenvalue weighted by Gasteiger charge is 2.24. The van der Waals surface area contributed by atoms with E-state index >= 15 is 0 Å². The molecule has 2 atom stereocenters. The molecule has 0 unspecified atom stereocenters. The molecule has 1 aliphatic rings. The van der Waals surface area contributed by atoms with Gasteiger partial charge in [-0.1, -0.05) is 43.3 Å². The van der Waals surface area contributed by atoms with Crippen molar-refractivity contribution in [3.63, 3.8) is 0 Å². The number of hydrogen-bond donors (Lipinski definition) is 0. The Bertz CT molecular complexity index is 354. The summed E-state index contributed by atoms with van der Waals surface area (Å²) in [6.07, 6.45) is 3.25. The Balaban J connectivity index is 2.27. The summed E-state index contributed by atoms with van der Waals surface area (Å²) in [5.41, 5.74) is 1.05. The Hall–Kier alpha value is -1.57. The van der Waals surface area contributed by atoms with Crippen LogP contribution in [0.1, 0.15) is 18.6 Å². The van der Waals surface area contributed by atoms with Gasteiger partial charge in [-0.25, -0.2) is 4.79 Å². The van der Waals surface area contributed by atoms with Crippen molar-refractivity contribution in [1.82, 2.24) is 0 Å². The lowest BCUT2D eigenvalue weighted by molar-refractivity contribution is -0.146. The first-order valence-corrected chi connectivity index (χ1v) is 4.71. The van der Waals surface area contributed by atoms with E-state index in [9.17, 15) is 4.79 Å². The third-order valence-corrected chi connectivity index (χ3v) is 2.38. The maximum absolute atomic E-state index is 11.1. The Labute approximate surface area is 83.2 Å². The van der Waals surface area contributed by atoms with Crippen LogP contribution < -0.4 is 0 Å². The zero-order valence-corrected chi connectivity index (χ0v) is 8.01. The Morgan fingerprint density at radius 1 is 1.21 bits per heavy atom. The van der Waals surface area contributed by atoms with E-state index < -0.39 is 0 Å². The van der Waals surface area contributed by atoms with E-state index in [-0.39, 0.29) is 18.0 Å². The molecule has 0 fully saturated rings. The molecule has 0 saturated heterocycles. The third kappa shape index (κ3) is 1.69. The first-order valence-electron chi connectivity index (χ1n) is 4.71. The molecule has 1 aromatic rings. The molecular weight excluding hydrogens is 176 g/mol. The van der Waals surface area contributed by atoms with Gasteiger partial charge in [0.1, 0.15) is 6.10 Å². The average molecular weight is 188 g/mol. The van der Waals surface area contributed by atoms with Crippen molar-refractivity contribution < 1.29 is 9.53 Å². The molecule has 2 heteroatoms. The molecule has 0 aliphatic carbocycles. The van der Waals surface area contributed by atoms with Gasteiger partial charge in [-0.2, -0.15) is 0 Å². The van der Waals surface area contributed by atoms with Gasteiger partial charge >= 0.3 is 5.97 Å². The monoisotopic (exact) mass is 188 g/mol. The Kier molecular flexibility index (Phi) is 2.35. The van der Waals surface area contributed by atoms with Gasteiger partial charge < -0.3 is 4.74 Å². The molecule has 2 rings (SSSR count). The van der Waals surface area contributed by atoms with Gasteiger partial charge in [-0.05, 0) is 5.56 Å². The molecule has 0 spiro atoms. The summed E-state index contributed by atoms with van der Waals surface area (Å²) in [4.78, 5) is 11.1. The summed E-state index contributed by atoms with van der Waals surface area (Å²) in [7, 11) is 0. The first kappa shape index (κ1) is 9.00. The molecule has 1 heterocycles. The van der Waals surface area contributed by atoms with E-state index in [1.807, 2.05) is 43.3 Å². The third-order valence-electron chi connectivity index (χ3n) is 2.38. The summed E-state index contributed by atoms with van der Waals surface area (Å²) in [6.45, 7) is 2.04. The van der Waals surface area contributed by atoms with Gasteiger partial charge in [0.05, 0.1) is 0 Å². The molecule has 14 heavy (non-hydrogen) atoms. The van der Waals surface area contributed by atoms with E-state index in [0.29, 0.717) is 0 Å². The van der Waals surface area contributed by atoms with E-state index in [1.165, 1.54) is 6.08 Å². The second kappa shape index (κ2) is 3.66.